The van der Waals surface area contributed by atoms with Crippen molar-refractivity contribution in [1.82, 2.24) is 9.62 Å². The maximum atomic E-state index is 12.5. The molecule has 2 rings (SSSR count). The van der Waals surface area contributed by atoms with Crippen LogP contribution < -0.4 is 5.32 Å². The molecule has 5 nitrogen and oxygen atoms in total. The molecule has 6 heteroatoms. The Morgan fingerprint density at radius 1 is 1.21 bits per heavy atom. The summed E-state index contributed by atoms with van der Waals surface area (Å²) in [5.41, 5.74) is 0.459. The standard InChI is InChI=1S/C13H17N3O2S/c1-10-8-16(9-11(2)15-10)19(17,18)13-5-3-12(7-14)4-6-13/h3-6,10-11,15H,8-9H2,1-2H3/t10-,11+. The van der Waals surface area contributed by atoms with Crippen LogP contribution in [0.25, 0.3) is 0 Å². The summed E-state index contributed by atoms with van der Waals surface area (Å²) in [5.74, 6) is 0. The van der Waals surface area contributed by atoms with Gasteiger partial charge >= 0.3 is 0 Å². The van der Waals surface area contributed by atoms with Gasteiger partial charge in [0.2, 0.25) is 10.0 Å². The van der Waals surface area contributed by atoms with E-state index in [1.807, 2.05) is 19.9 Å². The molecule has 1 aromatic rings. The van der Waals surface area contributed by atoms with E-state index in [0.29, 0.717) is 18.7 Å². The lowest BCUT2D eigenvalue weighted by atomic mass is 10.2. The van der Waals surface area contributed by atoms with Gasteiger partial charge in [0.05, 0.1) is 16.5 Å². The topological polar surface area (TPSA) is 73.2 Å². The lowest BCUT2D eigenvalue weighted by molar-refractivity contribution is 0.263. The van der Waals surface area contributed by atoms with E-state index in [0.717, 1.165) is 0 Å². The zero-order valence-electron chi connectivity index (χ0n) is 11.0. The predicted molar refractivity (Wildman–Crippen MR) is 72.0 cm³/mol. The Kier molecular flexibility index (Phi) is 3.90. The van der Waals surface area contributed by atoms with Crippen LogP contribution in [0.1, 0.15) is 19.4 Å². The van der Waals surface area contributed by atoms with Gasteiger partial charge in [-0.3, -0.25) is 0 Å². The molecule has 0 amide bonds. The van der Waals surface area contributed by atoms with Crippen molar-refractivity contribution < 1.29 is 8.42 Å². The minimum atomic E-state index is -3.47. The number of nitrogens with one attached hydrogen (secondary N) is 1. The maximum Gasteiger partial charge on any atom is 0.243 e. The van der Waals surface area contributed by atoms with Gasteiger partial charge in [-0.25, -0.2) is 8.42 Å². The first-order valence-corrected chi connectivity index (χ1v) is 7.64. The van der Waals surface area contributed by atoms with Crippen molar-refractivity contribution in [3.05, 3.63) is 29.8 Å². The predicted octanol–water partition coefficient (Wildman–Crippen LogP) is 0.929. The van der Waals surface area contributed by atoms with E-state index in [1.165, 1.54) is 28.6 Å². The summed E-state index contributed by atoms with van der Waals surface area (Å²) in [6, 6.07) is 8.29. The summed E-state index contributed by atoms with van der Waals surface area (Å²) in [6.07, 6.45) is 0. The van der Waals surface area contributed by atoms with Gasteiger partial charge in [0, 0.05) is 25.2 Å². The van der Waals surface area contributed by atoms with Gasteiger partial charge in [0.25, 0.3) is 0 Å². The van der Waals surface area contributed by atoms with E-state index >= 15 is 0 Å². The molecule has 19 heavy (non-hydrogen) atoms. The SMILES string of the molecule is C[C@@H]1CN(S(=O)(=O)c2ccc(C#N)cc2)C[C@H](C)N1. The Balaban J connectivity index is 2.28. The van der Waals surface area contributed by atoms with Gasteiger partial charge in [-0.1, -0.05) is 0 Å². The highest BCUT2D eigenvalue weighted by Crippen LogP contribution is 2.19. The molecule has 1 aliphatic rings. The molecule has 102 valence electrons. The number of nitrogens with zero attached hydrogens (tertiary/aromatic N) is 2. The average Bonchev–Trinajstić information content (AvgIpc) is 2.37. The summed E-state index contributed by atoms with van der Waals surface area (Å²) >= 11 is 0. The van der Waals surface area contributed by atoms with Crippen molar-refractivity contribution in [2.75, 3.05) is 13.1 Å². The number of benzene rings is 1. The van der Waals surface area contributed by atoms with E-state index < -0.39 is 10.0 Å². The van der Waals surface area contributed by atoms with Crippen molar-refractivity contribution in [3.8, 4) is 6.07 Å². The van der Waals surface area contributed by atoms with Crippen molar-refractivity contribution in [3.63, 3.8) is 0 Å². The fourth-order valence-electron chi connectivity index (χ4n) is 2.32. The van der Waals surface area contributed by atoms with Crippen LogP contribution in [-0.4, -0.2) is 37.9 Å². The molecule has 2 atom stereocenters. The van der Waals surface area contributed by atoms with E-state index in [-0.39, 0.29) is 17.0 Å². The fraction of sp³-hybridized carbons (Fsp3) is 0.462. The zero-order valence-corrected chi connectivity index (χ0v) is 11.8. The molecular formula is C13H17N3O2S. The number of hydrogen-bond acceptors (Lipinski definition) is 4. The molecule has 0 bridgehead atoms. The molecule has 1 N–H and O–H groups in total. The first kappa shape index (κ1) is 14.0. The molecule has 0 aliphatic carbocycles. The quantitative estimate of drug-likeness (QED) is 0.874. The lowest BCUT2D eigenvalue weighted by Crippen LogP contribution is -2.55. The lowest BCUT2D eigenvalue weighted by Gasteiger charge is -2.35. The second kappa shape index (κ2) is 5.29. The van der Waals surface area contributed by atoms with Crippen LogP contribution in [0.4, 0.5) is 0 Å². The average molecular weight is 279 g/mol. The smallest absolute Gasteiger partial charge is 0.243 e. The first-order valence-electron chi connectivity index (χ1n) is 6.20. The zero-order chi connectivity index (χ0) is 14.0. The third-order valence-electron chi connectivity index (χ3n) is 3.15. The number of hydrogen-bond donors (Lipinski definition) is 1. The van der Waals surface area contributed by atoms with E-state index in [9.17, 15) is 8.42 Å². The van der Waals surface area contributed by atoms with E-state index in [2.05, 4.69) is 5.32 Å². The van der Waals surface area contributed by atoms with Crippen LogP contribution in [0.2, 0.25) is 0 Å². The van der Waals surface area contributed by atoms with Gasteiger partial charge in [-0.15, -0.1) is 0 Å². The second-order valence-electron chi connectivity index (χ2n) is 4.93. The van der Waals surface area contributed by atoms with Crippen LogP contribution in [-0.2, 0) is 10.0 Å². The maximum absolute atomic E-state index is 12.5. The third kappa shape index (κ3) is 2.95. The third-order valence-corrected chi connectivity index (χ3v) is 4.99. The molecule has 1 saturated heterocycles. The van der Waals surface area contributed by atoms with Crippen LogP contribution in [0.3, 0.4) is 0 Å². The molecule has 0 radical (unpaired) electrons. The Morgan fingerprint density at radius 3 is 2.21 bits per heavy atom. The van der Waals surface area contributed by atoms with Crippen molar-refractivity contribution >= 4 is 10.0 Å². The number of sulfonamides is 1. The minimum Gasteiger partial charge on any atom is -0.309 e. The molecule has 0 saturated carbocycles. The highest BCUT2D eigenvalue weighted by molar-refractivity contribution is 7.89. The van der Waals surface area contributed by atoms with Gasteiger partial charge in [0.1, 0.15) is 0 Å². The summed E-state index contributed by atoms with van der Waals surface area (Å²) in [4.78, 5) is 0.243. The monoisotopic (exact) mass is 279 g/mol. The van der Waals surface area contributed by atoms with Gasteiger partial charge in [0.15, 0.2) is 0 Å². The molecule has 0 spiro atoms. The number of rotatable bonds is 2. The Labute approximate surface area is 113 Å². The molecule has 1 fully saturated rings. The summed E-state index contributed by atoms with van der Waals surface area (Å²) in [6.45, 7) is 4.87. The molecule has 1 aliphatic heterocycles. The molecule has 0 unspecified atom stereocenters. The number of nitriles is 1. The first-order chi connectivity index (χ1) is 8.93. The fourth-order valence-corrected chi connectivity index (χ4v) is 3.94. The highest BCUT2D eigenvalue weighted by atomic mass is 32.2. The number of piperazine rings is 1. The van der Waals surface area contributed by atoms with Gasteiger partial charge in [-0.2, -0.15) is 9.57 Å². The molecular weight excluding hydrogens is 262 g/mol. The Morgan fingerprint density at radius 2 is 1.74 bits per heavy atom. The largest absolute Gasteiger partial charge is 0.309 e. The molecule has 1 heterocycles. The summed E-state index contributed by atoms with van der Waals surface area (Å²) in [5, 5.41) is 12.0. The van der Waals surface area contributed by atoms with Crippen molar-refractivity contribution in [1.29, 1.82) is 5.26 Å². The van der Waals surface area contributed by atoms with Crippen molar-refractivity contribution in [2.45, 2.75) is 30.8 Å². The normalized spacial score (nSPS) is 24.9. The summed E-state index contributed by atoms with van der Waals surface area (Å²) < 4.78 is 26.5. The van der Waals surface area contributed by atoms with Gasteiger partial charge < -0.3 is 5.32 Å². The van der Waals surface area contributed by atoms with Crippen LogP contribution in [0.5, 0.6) is 0 Å². The Bertz CT molecular complexity index is 579. The molecule has 1 aromatic carbocycles. The summed E-state index contributed by atoms with van der Waals surface area (Å²) in [7, 11) is -3.47. The van der Waals surface area contributed by atoms with Crippen molar-refractivity contribution in [2.24, 2.45) is 0 Å². The second-order valence-corrected chi connectivity index (χ2v) is 6.86. The van der Waals surface area contributed by atoms with Crippen LogP contribution >= 0.6 is 0 Å². The minimum absolute atomic E-state index is 0.136. The van der Waals surface area contributed by atoms with E-state index in [1.54, 1.807) is 0 Å². The highest BCUT2D eigenvalue weighted by Gasteiger charge is 2.31. The van der Waals surface area contributed by atoms with Crippen LogP contribution in [0.15, 0.2) is 29.2 Å². The van der Waals surface area contributed by atoms with Crippen LogP contribution in [0, 0.1) is 11.3 Å². The molecule has 0 aromatic heterocycles. The van der Waals surface area contributed by atoms with Gasteiger partial charge in [-0.05, 0) is 38.1 Å². The Hall–Kier alpha value is -1.42. The van der Waals surface area contributed by atoms with E-state index in [4.69, 9.17) is 5.26 Å².